The normalized spacial score (nSPS) is 14.1. The van der Waals surface area contributed by atoms with E-state index in [-0.39, 0.29) is 25.7 Å². The van der Waals surface area contributed by atoms with Gasteiger partial charge < -0.3 is 33.8 Å². The van der Waals surface area contributed by atoms with Crippen molar-refractivity contribution in [3.63, 3.8) is 0 Å². The van der Waals surface area contributed by atoms with Crippen molar-refractivity contribution in [2.24, 2.45) is 5.92 Å². The topological polar surface area (TPSA) is 237 Å². The minimum absolute atomic E-state index is 0.108. The molecule has 0 amide bonds. The number of phosphoric acid groups is 2. The summed E-state index contributed by atoms with van der Waals surface area (Å²) in [6.45, 7) is 7.36. The first kappa shape index (κ1) is 99.1. The van der Waals surface area contributed by atoms with Gasteiger partial charge in [-0.2, -0.15) is 0 Å². The average molecular weight is 1480 g/mol. The Labute approximate surface area is 619 Å². The van der Waals surface area contributed by atoms with Gasteiger partial charge in [0.25, 0.3) is 0 Å². The van der Waals surface area contributed by atoms with E-state index in [1.54, 1.807) is 0 Å². The number of phosphoric ester groups is 2. The average Bonchev–Trinajstić information content (AvgIpc) is 1.05. The molecule has 0 aliphatic carbocycles. The Bertz CT molecular complexity index is 1930. The van der Waals surface area contributed by atoms with Crippen molar-refractivity contribution in [1.29, 1.82) is 0 Å². The molecule has 0 heterocycles. The molecule has 600 valence electrons. The molecule has 0 aliphatic heterocycles. The predicted octanol–water partition coefficient (Wildman–Crippen LogP) is 24.8. The first-order valence-corrected chi connectivity index (χ1v) is 45.7. The van der Waals surface area contributed by atoms with Crippen molar-refractivity contribution in [1.82, 2.24) is 0 Å². The molecule has 0 aromatic carbocycles. The van der Waals surface area contributed by atoms with E-state index in [1.165, 1.54) is 250 Å². The number of aliphatic hydroxyl groups is 1. The third-order valence-electron chi connectivity index (χ3n) is 19.6. The smallest absolute Gasteiger partial charge is 0.462 e. The number of carbonyl (C=O) groups excluding carboxylic acids is 4. The Morgan fingerprint density at radius 3 is 0.703 bits per heavy atom. The summed E-state index contributed by atoms with van der Waals surface area (Å²) in [5, 5.41) is 10.6. The quantitative estimate of drug-likeness (QED) is 0.0222. The second-order valence-corrected chi connectivity index (χ2v) is 32.7. The zero-order chi connectivity index (χ0) is 74.1. The SMILES string of the molecule is CCCCCCCCCCCCCCCCCCCCC(=O)OC[C@H](COP(=O)(O)OC[C@@H](O)COP(=O)(O)OC[C@@H](COC(=O)CCCCCCCCC)OC(=O)CCCCCCCCCCCCCCCC)OC(=O)CCCCCCCCCCCCCCCCCCCCC(C)CC. The highest BCUT2D eigenvalue weighted by Gasteiger charge is 2.30. The van der Waals surface area contributed by atoms with E-state index >= 15 is 0 Å². The molecule has 3 unspecified atom stereocenters. The van der Waals surface area contributed by atoms with Crippen LogP contribution in [-0.4, -0.2) is 96.7 Å². The van der Waals surface area contributed by atoms with Crippen LogP contribution in [0.4, 0.5) is 0 Å². The van der Waals surface area contributed by atoms with Crippen LogP contribution in [0.2, 0.25) is 0 Å². The molecule has 0 saturated heterocycles. The number of hydrogen-bond acceptors (Lipinski definition) is 15. The minimum atomic E-state index is -4.96. The molecule has 0 fully saturated rings. The largest absolute Gasteiger partial charge is 0.472 e. The van der Waals surface area contributed by atoms with Crippen LogP contribution in [0.1, 0.15) is 439 Å². The number of aliphatic hydroxyl groups excluding tert-OH is 1. The summed E-state index contributed by atoms with van der Waals surface area (Å²) in [6.07, 6.45) is 66.8. The molecule has 101 heavy (non-hydrogen) atoms. The van der Waals surface area contributed by atoms with Crippen molar-refractivity contribution in [2.75, 3.05) is 39.6 Å². The van der Waals surface area contributed by atoms with Crippen molar-refractivity contribution >= 4 is 39.5 Å². The molecule has 0 bridgehead atoms. The number of carbonyl (C=O) groups is 4. The molecule has 0 radical (unpaired) electrons. The van der Waals surface area contributed by atoms with Crippen LogP contribution in [-0.2, 0) is 65.4 Å². The molecular weight excluding hydrogens is 1320 g/mol. The zero-order valence-corrected chi connectivity index (χ0v) is 67.8. The highest BCUT2D eigenvalue weighted by Crippen LogP contribution is 2.45. The van der Waals surface area contributed by atoms with Crippen LogP contribution in [0.3, 0.4) is 0 Å². The lowest BCUT2D eigenvalue weighted by atomic mass is 9.99. The summed E-state index contributed by atoms with van der Waals surface area (Å²) in [5.74, 6) is -1.24. The molecule has 0 rings (SSSR count). The molecule has 0 aromatic rings. The van der Waals surface area contributed by atoms with E-state index in [1.807, 2.05) is 0 Å². The fourth-order valence-corrected chi connectivity index (χ4v) is 14.3. The predicted molar refractivity (Wildman–Crippen MR) is 414 cm³/mol. The molecule has 0 spiro atoms. The number of hydrogen-bond donors (Lipinski definition) is 3. The summed E-state index contributed by atoms with van der Waals surface area (Å²) < 4.78 is 68.6. The van der Waals surface area contributed by atoms with Gasteiger partial charge in [0.05, 0.1) is 26.4 Å². The maximum atomic E-state index is 13.1. The maximum Gasteiger partial charge on any atom is 0.472 e. The Morgan fingerprint density at radius 2 is 0.475 bits per heavy atom. The summed E-state index contributed by atoms with van der Waals surface area (Å²) in [7, 11) is -9.91. The fourth-order valence-electron chi connectivity index (χ4n) is 12.7. The highest BCUT2D eigenvalue weighted by atomic mass is 31.2. The van der Waals surface area contributed by atoms with Crippen molar-refractivity contribution in [2.45, 2.75) is 457 Å². The standard InChI is InChI=1S/C82H160O17P2/c1-6-10-13-16-19-21-23-25-27-28-32-35-39-42-46-51-56-61-66-80(85)93-72-78(99-82(87)68-63-58-53-48-44-40-36-33-30-29-31-34-37-41-45-50-54-59-64-75(5)9-4)74-97-101(90,91)95-70-76(83)69-94-100(88,89)96-73-77(71-92-79(84)65-60-55-49-18-15-12-8-3)98-81(86)67-62-57-52-47-43-38-26-24-22-20-17-14-11-7-2/h75-78,83H,6-74H2,1-5H3,(H,88,89)(H,90,91)/t75?,76-,77+,78+/m0/s1. The minimum Gasteiger partial charge on any atom is -0.462 e. The summed E-state index contributed by atoms with van der Waals surface area (Å²) in [6, 6.07) is 0. The molecule has 17 nitrogen and oxygen atoms in total. The van der Waals surface area contributed by atoms with Crippen LogP contribution in [0.25, 0.3) is 0 Å². The van der Waals surface area contributed by atoms with Crippen molar-refractivity contribution in [3.8, 4) is 0 Å². The molecule has 0 saturated carbocycles. The second-order valence-electron chi connectivity index (χ2n) is 29.8. The van der Waals surface area contributed by atoms with Gasteiger partial charge in [-0.25, -0.2) is 9.13 Å². The number of unbranched alkanes of at least 4 members (excludes halogenated alkanes) is 53. The van der Waals surface area contributed by atoms with Crippen LogP contribution in [0, 0.1) is 5.92 Å². The molecule has 0 aromatic heterocycles. The van der Waals surface area contributed by atoms with Crippen molar-refractivity contribution < 1.29 is 80.2 Å². The lowest BCUT2D eigenvalue weighted by Crippen LogP contribution is -2.30. The maximum absolute atomic E-state index is 13.1. The van der Waals surface area contributed by atoms with Gasteiger partial charge in [-0.15, -0.1) is 0 Å². The van der Waals surface area contributed by atoms with Gasteiger partial charge in [-0.1, -0.05) is 388 Å². The summed E-state index contributed by atoms with van der Waals surface area (Å²) >= 11 is 0. The number of ether oxygens (including phenoxy) is 4. The van der Waals surface area contributed by atoms with E-state index in [9.17, 15) is 43.2 Å². The fraction of sp³-hybridized carbons (Fsp3) is 0.951. The van der Waals surface area contributed by atoms with Gasteiger partial charge in [0.1, 0.15) is 19.3 Å². The second kappa shape index (κ2) is 74.9. The molecule has 6 atom stereocenters. The molecule has 3 N–H and O–H groups in total. The van der Waals surface area contributed by atoms with E-state index in [0.717, 1.165) is 109 Å². The number of rotatable bonds is 82. The Morgan fingerprint density at radius 1 is 0.277 bits per heavy atom. The monoisotopic (exact) mass is 1480 g/mol. The zero-order valence-electron chi connectivity index (χ0n) is 66.1. The molecule has 19 heteroatoms. The Kier molecular flexibility index (Phi) is 73.5. The Hall–Kier alpha value is -1.94. The van der Waals surface area contributed by atoms with Gasteiger partial charge in [0.15, 0.2) is 12.2 Å². The number of esters is 4. The van der Waals surface area contributed by atoms with Gasteiger partial charge in [-0.05, 0) is 31.6 Å². The Balaban J connectivity index is 5.16. The van der Waals surface area contributed by atoms with Crippen LogP contribution in [0.15, 0.2) is 0 Å². The highest BCUT2D eigenvalue weighted by molar-refractivity contribution is 7.47. The van der Waals surface area contributed by atoms with Gasteiger partial charge in [-0.3, -0.25) is 37.3 Å². The van der Waals surface area contributed by atoms with Gasteiger partial charge in [0.2, 0.25) is 0 Å². The lowest BCUT2D eigenvalue weighted by Gasteiger charge is -2.21. The first-order chi connectivity index (χ1) is 49.1. The lowest BCUT2D eigenvalue weighted by molar-refractivity contribution is -0.161. The van der Waals surface area contributed by atoms with Crippen LogP contribution < -0.4 is 0 Å². The molecule has 0 aliphatic rings. The summed E-state index contributed by atoms with van der Waals surface area (Å²) in [5.41, 5.74) is 0. The summed E-state index contributed by atoms with van der Waals surface area (Å²) in [4.78, 5) is 72.9. The van der Waals surface area contributed by atoms with E-state index in [0.29, 0.717) is 25.7 Å². The van der Waals surface area contributed by atoms with Crippen molar-refractivity contribution in [3.05, 3.63) is 0 Å². The third kappa shape index (κ3) is 74.7. The van der Waals surface area contributed by atoms with E-state index < -0.39 is 97.5 Å². The van der Waals surface area contributed by atoms with Crippen LogP contribution >= 0.6 is 15.6 Å². The van der Waals surface area contributed by atoms with Gasteiger partial charge in [0, 0.05) is 25.7 Å². The van der Waals surface area contributed by atoms with Gasteiger partial charge >= 0.3 is 39.5 Å². The van der Waals surface area contributed by atoms with Crippen LogP contribution in [0.5, 0.6) is 0 Å². The molecular formula is C82H160O17P2. The first-order valence-electron chi connectivity index (χ1n) is 42.7. The van der Waals surface area contributed by atoms with E-state index in [2.05, 4.69) is 34.6 Å². The van der Waals surface area contributed by atoms with E-state index in [4.69, 9.17) is 37.0 Å². The third-order valence-corrected chi connectivity index (χ3v) is 21.5.